The fourth-order valence-electron chi connectivity index (χ4n) is 1.64. The minimum atomic E-state index is -0.647. The van der Waals surface area contributed by atoms with E-state index in [-0.39, 0.29) is 22.1 Å². The number of pyridine rings is 1. The molecule has 7 heteroatoms. The molecule has 0 aliphatic heterocycles. The number of hydrogen-bond donors (Lipinski definition) is 2. The predicted molar refractivity (Wildman–Crippen MR) is 73.1 cm³/mol. The van der Waals surface area contributed by atoms with Gasteiger partial charge in [-0.2, -0.15) is 0 Å². The van der Waals surface area contributed by atoms with Crippen molar-refractivity contribution >= 4 is 29.0 Å². The van der Waals surface area contributed by atoms with Gasteiger partial charge < -0.3 is 10.6 Å². The molecule has 0 atom stereocenters. The van der Waals surface area contributed by atoms with Crippen LogP contribution in [0.1, 0.15) is 10.4 Å². The summed E-state index contributed by atoms with van der Waals surface area (Å²) in [4.78, 5) is 15.8. The molecule has 20 heavy (non-hydrogen) atoms. The second-order valence-electron chi connectivity index (χ2n) is 3.91. The van der Waals surface area contributed by atoms with Crippen molar-refractivity contribution in [1.29, 1.82) is 0 Å². The maximum Gasteiger partial charge on any atom is 0.259 e. The van der Waals surface area contributed by atoms with E-state index in [4.69, 9.17) is 11.6 Å². The maximum atomic E-state index is 13.2. The number of hydrogen-bond acceptors (Lipinski definition) is 3. The molecule has 0 saturated heterocycles. The third-order valence-electron chi connectivity index (χ3n) is 2.46. The van der Waals surface area contributed by atoms with Crippen LogP contribution in [0.3, 0.4) is 0 Å². The second-order valence-corrected chi connectivity index (χ2v) is 4.35. The summed E-state index contributed by atoms with van der Waals surface area (Å²) >= 11 is 5.69. The molecule has 1 heterocycles. The highest BCUT2D eigenvalue weighted by Gasteiger charge is 2.14. The van der Waals surface area contributed by atoms with Crippen LogP contribution in [-0.4, -0.2) is 17.9 Å². The van der Waals surface area contributed by atoms with Crippen molar-refractivity contribution in [3.63, 3.8) is 0 Å². The highest BCUT2D eigenvalue weighted by Crippen LogP contribution is 2.20. The number of carbonyl (C=O) groups is 1. The molecule has 2 aromatic rings. The first-order valence-corrected chi connectivity index (χ1v) is 5.98. The van der Waals surface area contributed by atoms with Crippen LogP contribution >= 0.6 is 11.6 Å². The van der Waals surface area contributed by atoms with Crippen molar-refractivity contribution in [3.8, 4) is 0 Å². The van der Waals surface area contributed by atoms with Crippen LogP contribution in [0.5, 0.6) is 0 Å². The number of benzene rings is 1. The summed E-state index contributed by atoms with van der Waals surface area (Å²) in [5.74, 6) is -1.64. The number of aromatic nitrogens is 1. The highest BCUT2D eigenvalue weighted by molar-refractivity contribution is 6.31. The smallest absolute Gasteiger partial charge is 0.259 e. The van der Waals surface area contributed by atoms with Gasteiger partial charge in [0.25, 0.3) is 5.91 Å². The van der Waals surface area contributed by atoms with E-state index in [9.17, 15) is 13.6 Å². The summed E-state index contributed by atoms with van der Waals surface area (Å²) < 4.78 is 26.3. The lowest BCUT2D eigenvalue weighted by atomic mass is 10.2. The number of amides is 1. The normalized spacial score (nSPS) is 10.2. The van der Waals surface area contributed by atoms with Crippen LogP contribution in [-0.2, 0) is 0 Å². The van der Waals surface area contributed by atoms with Crippen LogP contribution in [0, 0.1) is 11.6 Å². The van der Waals surface area contributed by atoms with E-state index in [1.807, 2.05) is 0 Å². The predicted octanol–water partition coefficient (Wildman–Crippen LogP) is 3.31. The van der Waals surface area contributed by atoms with Crippen molar-refractivity contribution < 1.29 is 13.6 Å². The average Bonchev–Trinajstić information content (AvgIpc) is 2.37. The SMILES string of the molecule is CNc1ncc(F)cc1C(=O)Nc1cc(F)cc(Cl)c1. The van der Waals surface area contributed by atoms with Gasteiger partial charge in [0.2, 0.25) is 0 Å². The van der Waals surface area contributed by atoms with Crippen molar-refractivity contribution in [2.45, 2.75) is 0 Å². The monoisotopic (exact) mass is 297 g/mol. The van der Waals surface area contributed by atoms with Crippen LogP contribution < -0.4 is 10.6 Å². The van der Waals surface area contributed by atoms with Crippen LogP contribution in [0.25, 0.3) is 0 Å². The molecule has 1 aromatic carbocycles. The van der Waals surface area contributed by atoms with E-state index in [0.29, 0.717) is 0 Å². The van der Waals surface area contributed by atoms with Gasteiger partial charge in [-0.15, -0.1) is 0 Å². The van der Waals surface area contributed by atoms with E-state index in [1.54, 1.807) is 7.05 Å². The largest absolute Gasteiger partial charge is 0.372 e. The van der Waals surface area contributed by atoms with Gasteiger partial charge in [-0.1, -0.05) is 11.6 Å². The third kappa shape index (κ3) is 3.21. The Morgan fingerprint density at radius 2 is 1.95 bits per heavy atom. The van der Waals surface area contributed by atoms with Gasteiger partial charge >= 0.3 is 0 Å². The number of nitrogens with one attached hydrogen (secondary N) is 2. The lowest BCUT2D eigenvalue weighted by Gasteiger charge is -2.09. The number of anilines is 2. The molecule has 0 unspecified atom stereocenters. The molecular weight excluding hydrogens is 288 g/mol. The zero-order valence-corrected chi connectivity index (χ0v) is 11.1. The maximum absolute atomic E-state index is 13.2. The Hall–Kier alpha value is -2.21. The molecule has 0 radical (unpaired) electrons. The second kappa shape index (κ2) is 5.83. The van der Waals surface area contributed by atoms with E-state index < -0.39 is 17.5 Å². The Morgan fingerprint density at radius 3 is 2.60 bits per heavy atom. The zero-order chi connectivity index (χ0) is 14.7. The van der Waals surface area contributed by atoms with Crippen molar-refractivity contribution in [1.82, 2.24) is 4.98 Å². The fraction of sp³-hybridized carbons (Fsp3) is 0.0769. The molecule has 104 valence electrons. The molecule has 2 N–H and O–H groups in total. The molecule has 0 fully saturated rings. The summed E-state index contributed by atoms with van der Waals surface area (Å²) in [5, 5.41) is 5.25. The van der Waals surface area contributed by atoms with E-state index >= 15 is 0 Å². The molecule has 4 nitrogen and oxygen atoms in total. The Kier molecular flexibility index (Phi) is 4.14. The van der Waals surface area contributed by atoms with E-state index in [0.717, 1.165) is 24.4 Å². The summed E-state index contributed by atoms with van der Waals surface area (Å²) in [6.45, 7) is 0. The van der Waals surface area contributed by atoms with Gasteiger partial charge in [-0.3, -0.25) is 4.79 Å². The minimum Gasteiger partial charge on any atom is -0.372 e. The van der Waals surface area contributed by atoms with Gasteiger partial charge in [-0.05, 0) is 24.3 Å². The first kappa shape index (κ1) is 14.2. The topological polar surface area (TPSA) is 54.0 Å². The number of halogens is 3. The Morgan fingerprint density at radius 1 is 1.20 bits per heavy atom. The first-order valence-electron chi connectivity index (χ1n) is 5.60. The summed E-state index contributed by atoms with van der Waals surface area (Å²) in [6, 6.07) is 4.64. The average molecular weight is 298 g/mol. The number of nitrogens with zero attached hydrogens (tertiary/aromatic N) is 1. The van der Waals surface area contributed by atoms with Gasteiger partial charge in [-0.25, -0.2) is 13.8 Å². The molecular formula is C13H10ClF2N3O. The minimum absolute atomic E-state index is 0.00730. The van der Waals surface area contributed by atoms with Gasteiger partial charge in [0.15, 0.2) is 0 Å². The van der Waals surface area contributed by atoms with Gasteiger partial charge in [0.05, 0.1) is 11.8 Å². The Balaban J connectivity index is 2.30. The zero-order valence-electron chi connectivity index (χ0n) is 10.4. The quantitative estimate of drug-likeness (QED) is 0.914. The van der Waals surface area contributed by atoms with E-state index in [2.05, 4.69) is 15.6 Å². The lowest BCUT2D eigenvalue weighted by Crippen LogP contribution is -2.15. The number of rotatable bonds is 3. The number of carbonyl (C=O) groups excluding carboxylic acids is 1. The van der Waals surface area contributed by atoms with E-state index in [1.165, 1.54) is 6.07 Å². The van der Waals surface area contributed by atoms with Crippen molar-refractivity contribution in [2.24, 2.45) is 0 Å². The Labute approximate surface area is 118 Å². The summed E-state index contributed by atoms with van der Waals surface area (Å²) in [7, 11) is 1.55. The first-order chi connectivity index (χ1) is 9.49. The molecule has 0 aliphatic rings. The van der Waals surface area contributed by atoms with Crippen molar-refractivity contribution in [2.75, 3.05) is 17.7 Å². The third-order valence-corrected chi connectivity index (χ3v) is 2.67. The van der Waals surface area contributed by atoms with Gasteiger partial charge in [0.1, 0.15) is 17.5 Å². The summed E-state index contributed by atoms with van der Waals surface area (Å²) in [6.07, 6.45) is 0.988. The molecule has 0 aliphatic carbocycles. The lowest BCUT2D eigenvalue weighted by molar-refractivity contribution is 0.102. The molecule has 2 rings (SSSR count). The van der Waals surface area contributed by atoms with Crippen LogP contribution in [0.15, 0.2) is 30.5 Å². The van der Waals surface area contributed by atoms with Gasteiger partial charge in [0, 0.05) is 17.8 Å². The van der Waals surface area contributed by atoms with Crippen LogP contribution in [0.4, 0.5) is 20.3 Å². The highest BCUT2D eigenvalue weighted by atomic mass is 35.5. The molecule has 1 amide bonds. The molecule has 0 spiro atoms. The molecule has 1 aromatic heterocycles. The Bertz CT molecular complexity index is 644. The standard InChI is InChI=1S/C13H10ClF2N3O/c1-17-12-11(5-9(16)6-18-12)13(20)19-10-3-7(14)2-8(15)4-10/h2-6H,1H3,(H,17,18)(H,19,20). The fourth-order valence-corrected chi connectivity index (χ4v) is 1.86. The van der Waals surface area contributed by atoms with Crippen LogP contribution in [0.2, 0.25) is 5.02 Å². The molecule has 0 saturated carbocycles. The summed E-state index contributed by atoms with van der Waals surface area (Å²) in [5.41, 5.74) is 0.180. The van der Waals surface area contributed by atoms with Crippen molar-refractivity contribution in [3.05, 3.63) is 52.7 Å². The molecule has 0 bridgehead atoms.